The van der Waals surface area contributed by atoms with Gasteiger partial charge in [0.05, 0.1) is 0 Å². The van der Waals surface area contributed by atoms with Crippen LogP contribution in [0.25, 0.3) is 0 Å². The summed E-state index contributed by atoms with van der Waals surface area (Å²) in [4.78, 5) is 0. The number of hydrogen-bond donors (Lipinski definition) is 0. The van der Waals surface area contributed by atoms with Gasteiger partial charge in [0.25, 0.3) is 0 Å². The Kier molecular flexibility index (Phi) is 12.2. The van der Waals surface area contributed by atoms with E-state index < -0.39 is 0 Å². The molecule has 0 aliphatic rings. The second-order valence-electron chi connectivity index (χ2n) is 0.0452. The van der Waals surface area contributed by atoms with Crippen molar-refractivity contribution < 1.29 is 23.6 Å². The summed E-state index contributed by atoms with van der Waals surface area (Å²) in [6.07, 6.45) is 0. The molecule has 0 rings (SSSR count). The van der Waals surface area contributed by atoms with Gasteiger partial charge in [0.1, 0.15) is 0 Å². The Morgan fingerprint density at radius 1 is 1.60 bits per heavy atom. The van der Waals surface area contributed by atoms with Gasteiger partial charge in [-0.25, -0.2) is 0 Å². The van der Waals surface area contributed by atoms with Crippen molar-refractivity contribution in [3.63, 3.8) is 0 Å². The molecule has 5 heavy (non-hydrogen) atoms. The Morgan fingerprint density at radius 3 is 1.60 bits per heavy atom. The van der Waals surface area contributed by atoms with E-state index >= 15 is 0 Å². The number of halogens is 2. The molecule has 2 nitrogen and oxygen atoms in total. The zero-order valence-corrected chi connectivity index (χ0v) is 4.39. The van der Waals surface area contributed by atoms with Crippen LogP contribution in [0.3, 0.4) is 0 Å². The van der Waals surface area contributed by atoms with Crippen LogP contribution in [0.1, 0.15) is 0 Å². The van der Waals surface area contributed by atoms with Gasteiger partial charge in [0.15, 0.2) is 0 Å². The van der Waals surface area contributed by atoms with Crippen molar-refractivity contribution >= 4 is 20.4 Å². The molecule has 0 saturated carbocycles. The standard InChI is InChI=1S/2ClH.Ni.2H2O/h2*1H;;2*1H2/q;;+2;;/p-2/i/hD4. The second-order valence-corrected chi connectivity index (χ2v) is 1.68. The fourth-order valence-electron chi connectivity index (χ4n) is 0. The Balaban J connectivity index is -0.0000000600. The topological polar surface area (TPSA) is 63.0 Å². The van der Waals surface area contributed by atoms with Crippen molar-refractivity contribution in [3.05, 3.63) is 0 Å². The van der Waals surface area contributed by atoms with E-state index in [0.717, 1.165) is 0 Å². The van der Waals surface area contributed by atoms with Gasteiger partial charge >= 0.3 is 33.0 Å². The van der Waals surface area contributed by atoms with Crippen molar-refractivity contribution in [1.82, 2.24) is 0 Å². The van der Waals surface area contributed by atoms with E-state index in [2.05, 4.69) is 11.0 Å². The zero-order chi connectivity index (χ0) is 8.12. The molecule has 0 saturated heterocycles. The molecule has 0 spiro atoms. The molecule has 0 fully saturated rings. The predicted molar refractivity (Wildman–Crippen MR) is 18.9 cm³/mol. The van der Waals surface area contributed by atoms with Crippen molar-refractivity contribution in [2.24, 2.45) is 0 Å². The van der Waals surface area contributed by atoms with E-state index in [1.807, 2.05) is 0 Å². The van der Waals surface area contributed by atoms with Crippen LogP contribution in [0.15, 0.2) is 0 Å². The zero-order valence-electron chi connectivity index (χ0n) is 5.89. The van der Waals surface area contributed by atoms with Gasteiger partial charge in [0.2, 0.25) is 5.72 Å². The Morgan fingerprint density at radius 2 is 1.60 bits per heavy atom. The van der Waals surface area contributed by atoms with Crippen LogP contribution in [0.5, 0.6) is 0 Å². The number of rotatable bonds is 0. The van der Waals surface area contributed by atoms with Gasteiger partial charge < -0.3 is 11.0 Å². The first-order valence-corrected chi connectivity index (χ1v) is 2.96. The molecule has 0 aromatic carbocycles. The summed E-state index contributed by atoms with van der Waals surface area (Å²) in [6, 6.07) is 0. The first kappa shape index (κ1) is 3.06. The fourth-order valence-corrected chi connectivity index (χ4v) is 0. The van der Waals surface area contributed by atoms with E-state index in [1.165, 1.54) is 0 Å². The van der Waals surface area contributed by atoms with Crippen LogP contribution in [0.2, 0.25) is 0 Å². The fraction of sp³-hybridized carbons (Fsp3) is 0. The molecule has 0 unspecified atom stereocenters. The summed E-state index contributed by atoms with van der Waals surface area (Å²) in [5.74, 6) is 0. The van der Waals surface area contributed by atoms with Crippen LogP contribution in [-0.4, -0.2) is 16.7 Å². The number of hydrogen-bond acceptors (Lipinski definition) is 0. The molecule has 0 radical (unpaired) electrons. The first-order valence-electron chi connectivity index (χ1n) is 1.87. The summed E-state index contributed by atoms with van der Waals surface area (Å²) < 4.78 is 21.5. The van der Waals surface area contributed by atoms with Gasteiger partial charge in [-0.05, 0) is 0 Å². The van der Waals surface area contributed by atoms with Crippen molar-refractivity contribution in [1.29, 1.82) is 5.72 Å². The summed E-state index contributed by atoms with van der Waals surface area (Å²) in [5.41, 5.74) is 5.50. The van der Waals surface area contributed by atoms with Crippen LogP contribution in [-0.2, 0) is 12.7 Å². The van der Waals surface area contributed by atoms with Crippen LogP contribution >= 0.6 is 20.4 Å². The maximum atomic E-state index is 5.38. The Hall–Kier alpha value is 0.994. The molecule has 0 aliphatic heterocycles. The van der Waals surface area contributed by atoms with Crippen molar-refractivity contribution in [3.8, 4) is 0 Å². The SMILES string of the molecule is [2H]O[2H].[2H]O[2H].[Cl][Ni][Cl]. The van der Waals surface area contributed by atoms with Gasteiger partial charge in [0, 0.05) is 0 Å². The van der Waals surface area contributed by atoms with Gasteiger partial charge in [-0.1, -0.05) is 0 Å². The van der Waals surface area contributed by atoms with Crippen molar-refractivity contribution in [2.75, 3.05) is 0 Å². The normalized spacial score (nSPS) is 12.4. The Labute approximate surface area is 50.4 Å². The Bertz CT molecular complexity index is 21.3. The molecule has 0 heterocycles. The molecule has 0 aromatic rings. The van der Waals surface area contributed by atoms with E-state index in [-0.39, 0.29) is 0 Å². The van der Waals surface area contributed by atoms with E-state index in [0.29, 0.717) is 12.7 Å². The molecule has 0 aliphatic carbocycles. The van der Waals surface area contributed by atoms with Crippen LogP contribution in [0, 0.1) is 0 Å². The summed E-state index contributed by atoms with van der Waals surface area (Å²) in [5, 5.41) is 0. The quantitative estimate of drug-likeness (QED) is 0.448. The summed E-state index contributed by atoms with van der Waals surface area (Å²) >= 11 is 0.569. The molecule has 40 valence electrons. The first-order chi connectivity index (χ1) is 4.24. The van der Waals surface area contributed by atoms with Crippen LogP contribution in [0.4, 0.5) is 0 Å². The third-order valence-electron chi connectivity index (χ3n) is 0. The molecule has 0 atom stereocenters. The minimum absolute atomic E-state index is 0.569. The minimum atomic E-state index is 0.569. The average Bonchev–Trinajstić information content (AvgIpc) is 1.70. The molecule has 0 aromatic heterocycles. The predicted octanol–water partition coefficient (Wildman–Crippen LogP) is -0.273. The van der Waals surface area contributed by atoms with Gasteiger partial charge in [-0.2, -0.15) is 0 Å². The molecular formula is H4Cl2NiO2. The van der Waals surface area contributed by atoms with Crippen molar-refractivity contribution in [2.45, 2.75) is 0 Å². The monoisotopic (exact) mass is 168 g/mol. The maximum absolute atomic E-state index is 5.38. The average molecular weight is 170 g/mol. The second kappa shape index (κ2) is 20.0. The molecule has 4 N–H and O–H groups in total. The molecular weight excluding hydrogens is 162 g/mol. The third-order valence-corrected chi connectivity index (χ3v) is 0. The molecule has 5 heteroatoms. The van der Waals surface area contributed by atoms with Gasteiger partial charge in [-0.15, -0.1) is 0 Å². The third kappa shape index (κ3) is 45.3. The van der Waals surface area contributed by atoms with Gasteiger partial charge in [-0.3, -0.25) is 0 Å². The van der Waals surface area contributed by atoms with E-state index in [9.17, 15) is 0 Å². The molecule has 0 bridgehead atoms. The van der Waals surface area contributed by atoms with E-state index in [4.69, 9.17) is 26.1 Å². The molecule has 0 amide bonds. The summed E-state index contributed by atoms with van der Waals surface area (Å²) in [6.45, 7) is 0. The van der Waals surface area contributed by atoms with Crippen LogP contribution < -0.4 is 0 Å². The summed E-state index contributed by atoms with van der Waals surface area (Å²) in [7, 11) is 9.40. The van der Waals surface area contributed by atoms with E-state index in [1.54, 1.807) is 0 Å².